The summed E-state index contributed by atoms with van der Waals surface area (Å²) in [6.45, 7) is 0. The van der Waals surface area contributed by atoms with Gasteiger partial charge in [-0.3, -0.25) is 0 Å². The average molecular weight is 416 g/mol. The monoisotopic (exact) mass is 416 g/mol. The first kappa shape index (κ1) is 19.4. The van der Waals surface area contributed by atoms with Crippen molar-refractivity contribution in [3.63, 3.8) is 0 Å². The molecule has 1 nitrogen and oxygen atoms in total. The lowest BCUT2D eigenvalue weighted by molar-refractivity contribution is 0.363. The second-order valence-electron chi connectivity index (χ2n) is 9.37. The molecule has 2 heterocycles. The van der Waals surface area contributed by atoms with E-state index in [1.165, 1.54) is 59.8 Å². The van der Waals surface area contributed by atoms with Crippen molar-refractivity contribution in [3.05, 3.63) is 121 Å². The van der Waals surface area contributed by atoms with Crippen molar-refractivity contribution in [1.82, 2.24) is 0 Å². The maximum Gasteiger partial charge on any atom is 0.420 e. The quantitative estimate of drug-likeness (QED) is 0.260. The maximum atomic E-state index is 3.73. The van der Waals surface area contributed by atoms with Crippen LogP contribution >= 0.6 is 0 Å². The lowest BCUT2D eigenvalue weighted by Gasteiger charge is -2.39. The third-order valence-electron chi connectivity index (χ3n) is 7.71. The third kappa shape index (κ3) is 2.86. The van der Waals surface area contributed by atoms with E-state index in [-0.39, 0.29) is 0 Å². The van der Waals surface area contributed by atoms with Crippen LogP contribution in [-0.2, 0) is 0 Å². The topological polar surface area (TPSA) is 2.70 Å². The molecule has 32 heavy (non-hydrogen) atoms. The normalized spacial score (nSPS) is 18.0. The molecule has 1 aromatic heterocycles. The van der Waals surface area contributed by atoms with Crippen LogP contribution in [0.3, 0.4) is 0 Å². The van der Waals surface area contributed by atoms with Gasteiger partial charge in [-0.05, 0) is 18.8 Å². The molecule has 3 aromatic carbocycles. The van der Waals surface area contributed by atoms with Crippen LogP contribution in [0.2, 0.25) is 0 Å². The second-order valence-corrected chi connectivity index (χ2v) is 9.37. The summed E-state index contributed by atoms with van der Waals surface area (Å²) in [5.74, 6) is 1.94. The summed E-state index contributed by atoms with van der Waals surface area (Å²) in [7, 11) is 0. The number of hydrogen-bond donors (Lipinski definition) is 0. The molecule has 2 aliphatic rings. The van der Waals surface area contributed by atoms with Crippen LogP contribution in [0, 0.1) is 5.92 Å². The minimum absolute atomic E-state index is 0.608. The van der Waals surface area contributed by atoms with E-state index >= 15 is 0 Å². The second kappa shape index (κ2) is 8.02. The highest BCUT2D eigenvalue weighted by atomic mass is 16.5. The fraction of sp³-hybridized carbons (Fsp3) is 0.200. The van der Waals surface area contributed by atoms with Crippen molar-refractivity contribution in [2.24, 2.45) is 5.92 Å². The Hall–Kier alpha value is -3.26. The van der Waals surface area contributed by atoms with Gasteiger partial charge in [0.05, 0.1) is 0 Å². The highest BCUT2D eigenvalue weighted by molar-refractivity contribution is 7.12. The molecule has 6 rings (SSSR count). The zero-order chi connectivity index (χ0) is 21.4. The zero-order valence-corrected chi connectivity index (χ0v) is 18.5. The van der Waals surface area contributed by atoms with Crippen molar-refractivity contribution in [2.75, 3.05) is 0 Å². The van der Waals surface area contributed by atoms with Crippen molar-refractivity contribution >= 4 is 28.3 Å². The van der Waals surface area contributed by atoms with Gasteiger partial charge < -0.3 is 3.96 Å². The standard InChI is InChI=1S/C30H29BO/c1-5-14-24(15-6-1)29-28-22-13-23-32(28)31(26-18-9-3-10-19-26,27-20-11-4-12-21-27)30(29)25-16-7-2-8-17-25/h2-4,7-13,16-24H,1,5-6,14-15H2. The largest absolute Gasteiger partial charge is 0.777 e. The molecule has 0 radical (unpaired) electrons. The van der Waals surface area contributed by atoms with Gasteiger partial charge in [-0.25, -0.2) is 0 Å². The highest BCUT2D eigenvalue weighted by Gasteiger charge is 2.53. The van der Waals surface area contributed by atoms with Crippen molar-refractivity contribution in [1.29, 1.82) is 0 Å². The van der Waals surface area contributed by atoms with Gasteiger partial charge in [0, 0.05) is 17.7 Å². The molecule has 2 heteroatoms. The van der Waals surface area contributed by atoms with Gasteiger partial charge in [0.25, 0.3) is 0 Å². The van der Waals surface area contributed by atoms with E-state index in [1.807, 2.05) is 0 Å². The number of fused-ring (bicyclic) bond motifs is 1. The van der Waals surface area contributed by atoms with Crippen LogP contribution in [0.25, 0.3) is 11.0 Å². The first-order chi connectivity index (χ1) is 15.9. The molecule has 4 aromatic rings. The summed E-state index contributed by atoms with van der Waals surface area (Å²) in [5, 5.41) is 0. The van der Waals surface area contributed by atoms with Crippen LogP contribution in [0.15, 0.2) is 113 Å². The summed E-state index contributed by atoms with van der Waals surface area (Å²) >= 11 is 0. The summed E-state index contributed by atoms with van der Waals surface area (Å²) in [5.41, 5.74) is 7.10. The predicted octanol–water partition coefficient (Wildman–Crippen LogP) is 6.62. The lowest BCUT2D eigenvalue weighted by atomic mass is 9.27. The molecule has 1 aliphatic heterocycles. The Morgan fingerprint density at radius 2 is 1.16 bits per heavy atom. The van der Waals surface area contributed by atoms with Gasteiger partial charge in [0.2, 0.25) is 5.76 Å². The Bertz CT molecular complexity index is 1190. The Balaban J connectivity index is 1.75. The number of hydrogen-bond acceptors (Lipinski definition) is 0. The smallest absolute Gasteiger partial charge is 0.420 e. The molecule has 0 amide bonds. The van der Waals surface area contributed by atoms with E-state index in [4.69, 9.17) is 0 Å². The van der Waals surface area contributed by atoms with E-state index in [1.54, 1.807) is 5.57 Å². The Kier molecular flexibility index (Phi) is 4.87. The summed E-state index contributed by atoms with van der Waals surface area (Å²) in [4.78, 5) is 0. The first-order valence-electron chi connectivity index (χ1n) is 12.1. The van der Waals surface area contributed by atoms with E-state index in [0.717, 1.165) is 0 Å². The first-order valence-corrected chi connectivity index (χ1v) is 12.1. The van der Waals surface area contributed by atoms with Crippen molar-refractivity contribution in [3.8, 4) is 0 Å². The van der Waals surface area contributed by atoms with Gasteiger partial charge in [-0.15, -0.1) is 10.9 Å². The molecule has 0 saturated heterocycles. The molecular formula is C30H29BO. The van der Waals surface area contributed by atoms with Crippen LogP contribution in [0.1, 0.15) is 43.4 Å². The number of rotatable bonds is 4. The molecule has 1 fully saturated rings. The lowest BCUT2D eigenvalue weighted by Crippen LogP contribution is -2.59. The van der Waals surface area contributed by atoms with Gasteiger partial charge in [-0.1, -0.05) is 121 Å². The molecule has 0 atom stereocenters. The van der Waals surface area contributed by atoms with Gasteiger partial charge in [-0.2, -0.15) is 0 Å². The SMILES string of the molecule is c1ccc(C2=C(C3CCCCC3)c3ccc[o+]3[B-]2(c2ccccc2)c2ccccc2)cc1. The molecule has 0 unspecified atom stereocenters. The Labute approximate surface area is 191 Å². The van der Waals surface area contributed by atoms with Gasteiger partial charge in [0.15, 0.2) is 6.26 Å². The van der Waals surface area contributed by atoms with E-state index in [2.05, 4.69) is 113 Å². The number of benzene rings is 3. The van der Waals surface area contributed by atoms with Gasteiger partial charge in [0.1, 0.15) is 0 Å². The molecule has 0 N–H and O–H groups in total. The molecule has 1 aliphatic carbocycles. The summed E-state index contributed by atoms with van der Waals surface area (Å²) in [6.07, 6.45) is 7.45. The summed E-state index contributed by atoms with van der Waals surface area (Å²) < 4.78 is 3.73. The minimum Gasteiger partial charge on any atom is -0.777 e. The fourth-order valence-corrected chi connectivity index (χ4v) is 6.45. The molecular weight excluding hydrogens is 387 g/mol. The van der Waals surface area contributed by atoms with E-state index in [9.17, 15) is 0 Å². The molecule has 158 valence electrons. The summed E-state index contributed by atoms with van der Waals surface area (Å²) in [6, 6.07) is 37.9. The van der Waals surface area contributed by atoms with Crippen LogP contribution in [0.4, 0.5) is 0 Å². The van der Waals surface area contributed by atoms with Gasteiger partial charge >= 0.3 is 6.35 Å². The minimum atomic E-state index is -1.40. The Morgan fingerprint density at radius 1 is 0.594 bits per heavy atom. The highest BCUT2D eigenvalue weighted by Crippen LogP contribution is 2.52. The van der Waals surface area contributed by atoms with Crippen LogP contribution in [0.5, 0.6) is 0 Å². The van der Waals surface area contributed by atoms with E-state index < -0.39 is 6.35 Å². The number of allylic oxidation sites excluding steroid dienone is 1. The number of furan rings is 1. The fourth-order valence-electron chi connectivity index (χ4n) is 6.45. The molecule has 0 bridgehead atoms. The van der Waals surface area contributed by atoms with Crippen LogP contribution in [-0.4, -0.2) is 6.35 Å². The molecule has 0 spiro atoms. The van der Waals surface area contributed by atoms with Crippen molar-refractivity contribution in [2.45, 2.75) is 32.1 Å². The Morgan fingerprint density at radius 3 is 1.75 bits per heavy atom. The maximum absolute atomic E-state index is 3.73. The van der Waals surface area contributed by atoms with E-state index in [0.29, 0.717) is 5.92 Å². The molecule has 1 saturated carbocycles. The predicted molar refractivity (Wildman–Crippen MR) is 136 cm³/mol. The average Bonchev–Trinajstić information content (AvgIpc) is 3.46. The van der Waals surface area contributed by atoms with Crippen molar-refractivity contribution < 1.29 is 3.96 Å². The zero-order valence-electron chi connectivity index (χ0n) is 18.5. The van der Waals surface area contributed by atoms with Crippen LogP contribution < -0.4 is 10.9 Å². The third-order valence-corrected chi connectivity index (χ3v) is 7.71.